The Labute approximate surface area is 175 Å². The summed E-state index contributed by atoms with van der Waals surface area (Å²) < 4.78 is 1.92. The number of aromatic nitrogens is 3. The Balaban J connectivity index is 1.68. The molecule has 1 heterocycles. The van der Waals surface area contributed by atoms with E-state index in [2.05, 4.69) is 60.3 Å². The molecule has 1 saturated carbocycles. The van der Waals surface area contributed by atoms with Crippen molar-refractivity contribution in [2.24, 2.45) is 0 Å². The predicted octanol–water partition coefficient (Wildman–Crippen LogP) is 3.51. The van der Waals surface area contributed by atoms with Gasteiger partial charge in [-0.2, -0.15) is 0 Å². The van der Waals surface area contributed by atoms with Gasteiger partial charge in [0.05, 0.1) is 5.75 Å². The highest BCUT2D eigenvalue weighted by molar-refractivity contribution is 7.99. The number of nitrogens with zero attached hydrogens (tertiary/aromatic N) is 3. The molecule has 0 atom stereocenters. The van der Waals surface area contributed by atoms with E-state index in [-0.39, 0.29) is 23.1 Å². The van der Waals surface area contributed by atoms with E-state index in [1.807, 2.05) is 16.7 Å². The first-order valence-electron chi connectivity index (χ1n) is 9.66. The maximum atomic E-state index is 12.0. The van der Waals surface area contributed by atoms with Crippen LogP contribution in [0.3, 0.4) is 0 Å². The molecule has 2 aromatic rings. The first kappa shape index (κ1) is 21.1. The van der Waals surface area contributed by atoms with Crippen molar-refractivity contribution in [3.8, 4) is 11.4 Å². The van der Waals surface area contributed by atoms with E-state index >= 15 is 0 Å². The molecule has 1 aromatic heterocycles. The molecule has 1 aliphatic rings. The first-order chi connectivity index (χ1) is 13.8. The van der Waals surface area contributed by atoms with Gasteiger partial charge in [-0.15, -0.1) is 16.8 Å². The molecule has 154 valence electrons. The van der Waals surface area contributed by atoms with E-state index in [1.54, 1.807) is 6.08 Å². The van der Waals surface area contributed by atoms with Crippen molar-refractivity contribution in [3.63, 3.8) is 0 Å². The summed E-state index contributed by atoms with van der Waals surface area (Å²) in [7, 11) is 0. The van der Waals surface area contributed by atoms with Gasteiger partial charge in [0.25, 0.3) is 0 Å². The number of allylic oxidation sites excluding steroid dienone is 1. The molecule has 8 heteroatoms. The molecule has 1 aromatic carbocycles. The van der Waals surface area contributed by atoms with E-state index in [0.717, 1.165) is 24.2 Å². The molecule has 3 amide bonds. The van der Waals surface area contributed by atoms with Crippen molar-refractivity contribution in [2.45, 2.75) is 56.8 Å². The Morgan fingerprint density at radius 1 is 1.24 bits per heavy atom. The predicted molar refractivity (Wildman–Crippen MR) is 115 cm³/mol. The van der Waals surface area contributed by atoms with Gasteiger partial charge in [0.1, 0.15) is 0 Å². The van der Waals surface area contributed by atoms with Gasteiger partial charge in [-0.25, -0.2) is 4.79 Å². The maximum Gasteiger partial charge on any atom is 0.321 e. The van der Waals surface area contributed by atoms with Crippen LogP contribution in [0.25, 0.3) is 11.4 Å². The topological polar surface area (TPSA) is 88.9 Å². The minimum Gasteiger partial charge on any atom is -0.335 e. The fourth-order valence-corrected chi connectivity index (χ4v) is 3.51. The lowest BCUT2D eigenvalue weighted by atomic mass is 9.87. The normalized spacial score (nSPS) is 13.8. The minimum atomic E-state index is -0.440. The number of thioether (sulfide) groups is 1. The van der Waals surface area contributed by atoms with Gasteiger partial charge >= 0.3 is 6.03 Å². The Hall–Kier alpha value is -2.61. The lowest BCUT2D eigenvalue weighted by Gasteiger charge is -2.19. The molecule has 0 saturated heterocycles. The van der Waals surface area contributed by atoms with Crippen LogP contribution in [0.1, 0.15) is 39.2 Å². The van der Waals surface area contributed by atoms with Crippen LogP contribution < -0.4 is 10.6 Å². The second-order valence-electron chi connectivity index (χ2n) is 8.12. The largest absolute Gasteiger partial charge is 0.335 e. The lowest BCUT2D eigenvalue weighted by molar-refractivity contribution is -0.117. The summed E-state index contributed by atoms with van der Waals surface area (Å²) in [5.41, 5.74) is 2.27. The number of carbonyl (C=O) groups is 2. The summed E-state index contributed by atoms with van der Waals surface area (Å²) in [6.07, 6.45) is 3.71. The van der Waals surface area contributed by atoms with Gasteiger partial charge in [-0.05, 0) is 23.8 Å². The highest BCUT2D eigenvalue weighted by Crippen LogP contribution is 2.27. The molecule has 1 aliphatic carbocycles. The molecule has 0 spiro atoms. The highest BCUT2D eigenvalue weighted by atomic mass is 32.2. The zero-order valence-corrected chi connectivity index (χ0v) is 17.9. The molecule has 0 unspecified atom stereocenters. The SMILES string of the molecule is C=CCn1c(SCC(=O)NC(=O)NC2CC2)nnc1-c1ccc(C(C)(C)C)cc1. The molecule has 3 rings (SSSR count). The van der Waals surface area contributed by atoms with E-state index < -0.39 is 6.03 Å². The average molecular weight is 414 g/mol. The maximum absolute atomic E-state index is 12.0. The molecule has 0 radical (unpaired) electrons. The van der Waals surface area contributed by atoms with Crippen LogP contribution in [-0.2, 0) is 16.8 Å². The smallest absolute Gasteiger partial charge is 0.321 e. The van der Waals surface area contributed by atoms with Gasteiger partial charge in [0, 0.05) is 18.2 Å². The Morgan fingerprint density at radius 2 is 1.93 bits per heavy atom. The second-order valence-corrected chi connectivity index (χ2v) is 9.06. The van der Waals surface area contributed by atoms with Crippen LogP contribution in [0.15, 0.2) is 42.1 Å². The Morgan fingerprint density at radius 3 is 2.52 bits per heavy atom. The zero-order valence-electron chi connectivity index (χ0n) is 17.1. The number of hydrogen-bond acceptors (Lipinski definition) is 5. The van der Waals surface area contributed by atoms with Crippen LogP contribution in [0.2, 0.25) is 0 Å². The van der Waals surface area contributed by atoms with E-state index in [1.165, 1.54) is 17.3 Å². The van der Waals surface area contributed by atoms with Crippen molar-refractivity contribution in [1.82, 2.24) is 25.4 Å². The Bertz CT molecular complexity index is 895. The van der Waals surface area contributed by atoms with Crippen molar-refractivity contribution < 1.29 is 9.59 Å². The van der Waals surface area contributed by atoms with E-state index in [0.29, 0.717) is 11.7 Å². The zero-order chi connectivity index (χ0) is 21.0. The molecular weight excluding hydrogens is 386 g/mol. The number of rotatable bonds is 7. The number of urea groups is 1. The molecular formula is C21H27N5O2S. The third kappa shape index (κ3) is 5.69. The minimum absolute atomic E-state index is 0.0769. The van der Waals surface area contributed by atoms with Crippen molar-refractivity contribution >= 4 is 23.7 Å². The van der Waals surface area contributed by atoms with Crippen LogP contribution >= 0.6 is 11.8 Å². The van der Waals surface area contributed by atoms with Gasteiger partial charge in [0.15, 0.2) is 11.0 Å². The summed E-state index contributed by atoms with van der Waals surface area (Å²) in [5.74, 6) is 0.438. The van der Waals surface area contributed by atoms with Gasteiger partial charge < -0.3 is 5.32 Å². The van der Waals surface area contributed by atoms with Gasteiger partial charge in [0.2, 0.25) is 5.91 Å². The van der Waals surface area contributed by atoms with Crippen molar-refractivity contribution in [3.05, 3.63) is 42.5 Å². The highest BCUT2D eigenvalue weighted by Gasteiger charge is 2.24. The number of nitrogens with one attached hydrogen (secondary N) is 2. The van der Waals surface area contributed by atoms with Crippen LogP contribution in [0.4, 0.5) is 4.79 Å². The summed E-state index contributed by atoms with van der Waals surface area (Å²) >= 11 is 1.24. The fraction of sp³-hybridized carbons (Fsp3) is 0.429. The van der Waals surface area contributed by atoms with Gasteiger partial charge in [-0.1, -0.05) is 62.9 Å². The number of benzene rings is 1. The van der Waals surface area contributed by atoms with Gasteiger partial charge in [-0.3, -0.25) is 14.7 Å². The quantitative estimate of drug-likeness (QED) is 0.536. The Kier molecular flexibility index (Phi) is 6.42. The standard InChI is InChI=1S/C21H27N5O2S/c1-5-12-26-18(14-6-8-15(9-7-14)21(2,3)4)24-25-20(26)29-13-17(27)23-19(28)22-16-10-11-16/h5-9,16H,1,10-13H2,2-4H3,(H2,22,23,27,28). The number of carbonyl (C=O) groups excluding carboxylic acids is 2. The van der Waals surface area contributed by atoms with Crippen LogP contribution in [-0.4, -0.2) is 38.5 Å². The summed E-state index contributed by atoms with van der Waals surface area (Å²) in [5, 5.41) is 14.2. The third-order valence-corrected chi connectivity index (χ3v) is 5.50. The molecule has 2 N–H and O–H groups in total. The first-order valence-corrected chi connectivity index (χ1v) is 10.6. The molecule has 29 heavy (non-hydrogen) atoms. The van der Waals surface area contributed by atoms with E-state index in [4.69, 9.17) is 0 Å². The summed E-state index contributed by atoms with van der Waals surface area (Å²) in [6, 6.07) is 8.03. The molecule has 0 bridgehead atoms. The third-order valence-electron chi connectivity index (χ3n) is 4.54. The summed E-state index contributed by atoms with van der Waals surface area (Å²) in [6.45, 7) is 10.9. The average Bonchev–Trinajstić information content (AvgIpc) is 3.38. The van der Waals surface area contributed by atoms with Crippen molar-refractivity contribution in [2.75, 3.05) is 5.75 Å². The molecule has 1 fully saturated rings. The van der Waals surface area contributed by atoms with Crippen LogP contribution in [0, 0.1) is 0 Å². The molecule has 0 aliphatic heterocycles. The van der Waals surface area contributed by atoms with Crippen LogP contribution in [0.5, 0.6) is 0 Å². The fourth-order valence-electron chi connectivity index (χ4n) is 2.76. The number of amides is 3. The number of imide groups is 1. The van der Waals surface area contributed by atoms with E-state index in [9.17, 15) is 9.59 Å². The van der Waals surface area contributed by atoms with Crippen molar-refractivity contribution in [1.29, 1.82) is 0 Å². The second kappa shape index (κ2) is 8.82. The lowest BCUT2D eigenvalue weighted by Crippen LogP contribution is -2.41. The monoisotopic (exact) mass is 413 g/mol. The molecule has 7 nitrogen and oxygen atoms in total. The summed E-state index contributed by atoms with van der Waals surface area (Å²) in [4.78, 5) is 23.7. The number of hydrogen-bond donors (Lipinski definition) is 2.